The number of aromatic amines is 1. The van der Waals surface area contributed by atoms with Crippen molar-refractivity contribution in [3.63, 3.8) is 0 Å². The molecular formula is C19H17N5O2. The first-order chi connectivity index (χ1) is 12.5. The molecule has 0 aliphatic carbocycles. The lowest BCUT2D eigenvalue weighted by atomic mass is 10.1. The number of hydrogen-bond donors (Lipinski definition) is 2. The van der Waals surface area contributed by atoms with E-state index < -0.39 is 0 Å². The van der Waals surface area contributed by atoms with E-state index in [9.17, 15) is 4.79 Å². The number of anilines is 2. The predicted octanol–water partition coefficient (Wildman–Crippen LogP) is 3.24. The highest BCUT2D eigenvalue weighted by Gasteiger charge is 2.12. The van der Waals surface area contributed by atoms with Crippen LogP contribution in [0.15, 0.2) is 41.2 Å². The first-order valence-corrected chi connectivity index (χ1v) is 8.14. The molecule has 0 amide bonds. The summed E-state index contributed by atoms with van der Waals surface area (Å²) < 4.78 is 5.45. The summed E-state index contributed by atoms with van der Waals surface area (Å²) in [4.78, 5) is 28.4. The van der Waals surface area contributed by atoms with E-state index >= 15 is 0 Å². The summed E-state index contributed by atoms with van der Waals surface area (Å²) in [6, 6.07) is 11.1. The maximum atomic E-state index is 12.2. The standard InChI is InChI=1S/C19H17N5O2/c1-10-8-14-16(15(9-10)26-3)11(2)20-18(22-14)24-19-21-13-7-5-4-6-12(13)17(25)23-19/h4-9H,1-3H3,(H2,20,21,22,23,24,25). The molecule has 0 saturated heterocycles. The van der Waals surface area contributed by atoms with Crippen LogP contribution in [0.3, 0.4) is 0 Å². The van der Waals surface area contributed by atoms with Crippen molar-refractivity contribution >= 4 is 33.7 Å². The Morgan fingerprint density at radius 2 is 1.85 bits per heavy atom. The Labute approximate surface area is 149 Å². The smallest absolute Gasteiger partial charge is 0.260 e. The number of methoxy groups -OCH3 is 1. The van der Waals surface area contributed by atoms with E-state index in [1.807, 2.05) is 32.0 Å². The molecule has 2 aromatic heterocycles. The quantitative estimate of drug-likeness (QED) is 0.591. The van der Waals surface area contributed by atoms with Crippen LogP contribution in [0.4, 0.5) is 11.9 Å². The van der Waals surface area contributed by atoms with Gasteiger partial charge in [0.1, 0.15) is 5.75 Å². The van der Waals surface area contributed by atoms with Crippen molar-refractivity contribution in [2.24, 2.45) is 0 Å². The van der Waals surface area contributed by atoms with Crippen LogP contribution in [0.5, 0.6) is 5.75 Å². The van der Waals surface area contributed by atoms with Crippen LogP contribution in [0.1, 0.15) is 11.3 Å². The molecule has 4 rings (SSSR count). The van der Waals surface area contributed by atoms with Gasteiger partial charge in [0, 0.05) is 0 Å². The van der Waals surface area contributed by atoms with Gasteiger partial charge in [0.25, 0.3) is 5.56 Å². The van der Waals surface area contributed by atoms with Gasteiger partial charge in [0.15, 0.2) is 0 Å². The van der Waals surface area contributed by atoms with Crippen molar-refractivity contribution in [2.75, 3.05) is 12.4 Å². The third-order valence-corrected chi connectivity index (χ3v) is 4.15. The number of benzene rings is 2. The van der Waals surface area contributed by atoms with Crippen molar-refractivity contribution in [2.45, 2.75) is 13.8 Å². The van der Waals surface area contributed by atoms with Gasteiger partial charge in [-0.1, -0.05) is 12.1 Å². The maximum Gasteiger partial charge on any atom is 0.260 e. The Kier molecular flexibility index (Phi) is 3.76. The maximum absolute atomic E-state index is 12.2. The van der Waals surface area contributed by atoms with E-state index in [1.165, 1.54) is 0 Å². The zero-order valence-corrected chi connectivity index (χ0v) is 14.6. The van der Waals surface area contributed by atoms with Crippen molar-refractivity contribution in [1.29, 1.82) is 0 Å². The Morgan fingerprint density at radius 3 is 2.65 bits per heavy atom. The van der Waals surface area contributed by atoms with E-state index in [0.29, 0.717) is 22.8 Å². The van der Waals surface area contributed by atoms with Gasteiger partial charge in [-0.15, -0.1) is 0 Å². The van der Waals surface area contributed by atoms with Crippen LogP contribution in [0, 0.1) is 13.8 Å². The number of aromatic nitrogens is 4. The number of hydrogen-bond acceptors (Lipinski definition) is 6. The molecule has 2 heterocycles. The Bertz CT molecular complexity index is 1200. The van der Waals surface area contributed by atoms with Gasteiger partial charge < -0.3 is 4.74 Å². The summed E-state index contributed by atoms with van der Waals surface area (Å²) >= 11 is 0. The first kappa shape index (κ1) is 16.0. The molecule has 0 saturated carbocycles. The molecule has 0 aliphatic rings. The highest BCUT2D eigenvalue weighted by atomic mass is 16.5. The molecule has 4 aromatic rings. The zero-order valence-electron chi connectivity index (χ0n) is 14.6. The largest absolute Gasteiger partial charge is 0.496 e. The minimum atomic E-state index is -0.215. The van der Waals surface area contributed by atoms with E-state index in [-0.39, 0.29) is 5.56 Å². The minimum absolute atomic E-state index is 0.215. The summed E-state index contributed by atoms with van der Waals surface area (Å²) in [5, 5.41) is 4.40. The van der Waals surface area contributed by atoms with Gasteiger partial charge in [0.05, 0.1) is 34.6 Å². The Morgan fingerprint density at radius 1 is 1.04 bits per heavy atom. The molecular weight excluding hydrogens is 330 g/mol. The summed E-state index contributed by atoms with van der Waals surface area (Å²) in [5.41, 5.74) is 2.97. The second-order valence-corrected chi connectivity index (χ2v) is 6.05. The molecule has 0 fully saturated rings. The van der Waals surface area contributed by atoms with E-state index in [2.05, 4.69) is 25.3 Å². The van der Waals surface area contributed by atoms with E-state index in [1.54, 1.807) is 25.3 Å². The second-order valence-electron chi connectivity index (χ2n) is 6.05. The molecule has 2 aromatic carbocycles. The SMILES string of the molecule is COc1cc(C)cc2nc(Nc3nc4ccccc4c(=O)[nH]3)nc(C)c12. The van der Waals surface area contributed by atoms with Crippen molar-refractivity contribution < 1.29 is 4.74 Å². The molecule has 26 heavy (non-hydrogen) atoms. The molecule has 0 radical (unpaired) electrons. The predicted molar refractivity (Wildman–Crippen MR) is 101 cm³/mol. The Hall–Kier alpha value is -3.48. The normalized spacial score (nSPS) is 11.0. The van der Waals surface area contributed by atoms with Crippen LogP contribution in [-0.2, 0) is 0 Å². The highest BCUT2D eigenvalue weighted by Crippen LogP contribution is 2.29. The summed E-state index contributed by atoms with van der Waals surface area (Å²) in [6.07, 6.45) is 0. The van der Waals surface area contributed by atoms with Gasteiger partial charge in [0.2, 0.25) is 11.9 Å². The van der Waals surface area contributed by atoms with Crippen LogP contribution >= 0.6 is 0 Å². The minimum Gasteiger partial charge on any atom is -0.496 e. The van der Waals surface area contributed by atoms with Gasteiger partial charge in [-0.3, -0.25) is 15.1 Å². The Balaban J connectivity index is 1.82. The number of nitrogens with one attached hydrogen (secondary N) is 2. The van der Waals surface area contributed by atoms with Crippen molar-refractivity contribution in [1.82, 2.24) is 19.9 Å². The van der Waals surface area contributed by atoms with Crippen LogP contribution in [0.2, 0.25) is 0 Å². The van der Waals surface area contributed by atoms with Gasteiger partial charge >= 0.3 is 0 Å². The lowest BCUT2D eigenvalue weighted by Crippen LogP contribution is -2.12. The fourth-order valence-electron chi connectivity index (χ4n) is 3.01. The zero-order chi connectivity index (χ0) is 18.3. The summed E-state index contributed by atoms with van der Waals surface area (Å²) in [5.74, 6) is 1.40. The fourth-order valence-corrected chi connectivity index (χ4v) is 3.01. The molecule has 7 nitrogen and oxygen atoms in total. The number of ether oxygens (including phenoxy) is 1. The molecule has 130 valence electrons. The lowest BCUT2D eigenvalue weighted by molar-refractivity contribution is 0.419. The van der Waals surface area contributed by atoms with Crippen LogP contribution in [0.25, 0.3) is 21.8 Å². The number of rotatable bonds is 3. The molecule has 7 heteroatoms. The summed E-state index contributed by atoms with van der Waals surface area (Å²) in [6.45, 7) is 3.87. The number of H-pyrrole nitrogens is 1. The number of aryl methyl sites for hydroxylation is 2. The molecule has 0 bridgehead atoms. The van der Waals surface area contributed by atoms with Crippen molar-refractivity contribution in [3.8, 4) is 5.75 Å². The molecule has 2 N–H and O–H groups in total. The molecule has 0 aliphatic heterocycles. The number of fused-ring (bicyclic) bond motifs is 2. The monoisotopic (exact) mass is 347 g/mol. The number of nitrogens with zero attached hydrogens (tertiary/aromatic N) is 3. The summed E-state index contributed by atoms with van der Waals surface area (Å²) in [7, 11) is 1.63. The van der Waals surface area contributed by atoms with Crippen LogP contribution < -0.4 is 15.6 Å². The second kappa shape index (κ2) is 6.11. The molecule has 0 atom stereocenters. The van der Waals surface area contributed by atoms with Gasteiger partial charge in [-0.2, -0.15) is 0 Å². The van der Waals surface area contributed by atoms with Crippen LogP contribution in [-0.4, -0.2) is 27.0 Å². The lowest BCUT2D eigenvalue weighted by Gasteiger charge is -2.11. The molecule has 0 unspecified atom stereocenters. The van der Waals surface area contributed by atoms with E-state index in [0.717, 1.165) is 27.9 Å². The number of para-hydroxylation sites is 1. The average molecular weight is 347 g/mol. The van der Waals surface area contributed by atoms with Gasteiger partial charge in [-0.05, 0) is 43.7 Å². The van der Waals surface area contributed by atoms with Crippen molar-refractivity contribution in [3.05, 3.63) is 58.0 Å². The average Bonchev–Trinajstić information content (AvgIpc) is 2.60. The highest BCUT2D eigenvalue weighted by molar-refractivity contribution is 5.89. The topological polar surface area (TPSA) is 92.8 Å². The van der Waals surface area contributed by atoms with E-state index in [4.69, 9.17) is 4.74 Å². The van der Waals surface area contributed by atoms with Gasteiger partial charge in [-0.25, -0.2) is 15.0 Å². The fraction of sp³-hybridized carbons (Fsp3) is 0.158. The third kappa shape index (κ3) is 2.73. The first-order valence-electron chi connectivity index (χ1n) is 8.14. The molecule has 0 spiro atoms. The third-order valence-electron chi connectivity index (χ3n) is 4.15.